The van der Waals surface area contributed by atoms with Crippen LogP contribution in [-0.2, 0) is 9.71 Å². The predicted octanol–water partition coefficient (Wildman–Crippen LogP) is 1.39. The second-order valence-electron chi connectivity index (χ2n) is 3.74. The monoisotopic (exact) mass is 245 g/mol. The van der Waals surface area contributed by atoms with Crippen LogP contribution in [0, 0.1) is 0 Å². The molecule has 1 aromatic heterocycles. The molecule has 2 N–H and O–H groups in total. The van der Waals surface area contributed by atoms with Gasteiger partial charge in [-0.05, 0) is 17.7 Å². The molecule has 0 spiro atoms. The number of nitrogens with zero attached hydrogens (tertiary/aromatic N) is 1. The highest BCUT2D eigenvalue weighted by Gasteiger charge is 2.15. The molecule has 1 aliphatic rings. The first kappa shape index (κ1) is 10.2. The summed E-state index contributed by atoms with van der Waals surface area (Å²) in [6.07, 6.45) is 7.01. The summed E-state index contributed by atoms with van der Waals surface area (Å²) in [4.78, 5) is 0.809. The lowest BCUT2D eigenvalue weighted by Crippen LogP contribution is -2.24. The Morgan fingerprint density at radius 3 is 3.00 bits per heavy atom. The Hall–Kier alpha value is -2.01. The lowest BCUT2D eigenvalue weighted by molar-refractivity contribution is 0.676. The molecule has 4 nitrogen and oxygen atoms in total. The molecule has 0 fully saturated rings. The molecule has 1 aliphatic heterocycles. The molecular formula is C12H11N3OS. The lowest BCUT2D eigenvalue weighted by Gasteiger charge is -2.18. The number of H-pyrrole nitrogens is 1. The Morgan fingerprint density at radius 1 is 1.29 bits per heavy atom. The average Bonchev–Trinajstić information content (AvgIpc) is 2.82. The van der Waals surface area contributed by atoms with E-state index < -0.39 is 9.71 Å². The lowest BCUT2D eigenvalue weighted by atomic mass is 10.2. The molecule has 0 aliphatic carbocycles. The standard InChI is InChI=1S/C12H11N3OS/c16-17(9-10-7-13-14-8-10)12-4-2-1-3-11(12)5-6-15-17/h1-9H,(H,13,14)(H,15,16). The van der Waals surface area contributed by atoms with Crippen LogP contribution in [0.25, 0.3) is 6.08 Å². The van der Waals surface area contributed by atoms with Gasteiger partial charge in [0.15, 0.2) is 0 Å². The first-order valence-corrected chi connectivity index (χ1v) is 6.81. The second-order valence-corrected chi connectivity index (χ2v) is 5.85. The van der Waals surface area contributed by atoms with E-state index in [4.69, 9.17) is 0 Å². The maximum Gasteiger partial charge on any atom is 0.0815 e. The van der Waals surface area contributed by atoms with Crippen molar-refractivity contribution in [1.82, 2.24) is 14.9 Å². The van der Waals surface area contributed by atoms with Gasteiger partial charge in [0.05, 0.1) is 20.8 Å². The Labute approximate surface area is 99.5 Å². The van der Waals surface area contributed by atoms with Gasteiger partial charge in [0.2, 0.25) is 0 Å². The van der Waals surface area contributed by atoms with Crippen LogP contribution in [0.3, 0.4) is 0 Å². The minimum atomic E-state index is -2.39. The number of rotatable bonds is 1. The third-order valence-electron chi connectivity index (χ3n) is 2.57. The van der Waals surface area contributed by atoms with Crippen LogP contribution in [0.15, 0.2) is 47.8 Å². The highest BCUT2D eigenvalue weighted by atomic mass is 32.2. The van der Waals surface area contributed by atoms with Crippen molar-refractivity contribution in [2.45, 2.75) is 4.90 Å². The van der Waals surface area contributed by atoms with Crippen LogP contribution >= 0.6 is 0 Å². The number of hydrogen-bond donors (Lipinski definition) is 2. The predicted molar refractivity (Wildman–Crippen MR) is 68.8 cm³/mol. The van der Waals surface area contributed by atoms with E-state index in [0.29, 0.717) is 0 Å². The van der Waals surface area contributed by atoms with Crippen molar-refractivity contribution in [2.75, 3.05) is 0 Å². The average molecular weight is 245 g/mol. The van der Waals surface area contributed by atoms with Crippen LogP contribution in [-0.4, -0.2) is 19.8 Å². The molecule has 0 radical (unpaired) electrons. The van der Waals surface area contributed by atoms with Gasteiger partial charge < -0.3 is 4.72 Å². The van der Waals surface area contributed by atoms with E-state index in [9.17, 15) is 4.21 Å². The molecule has 86 valence electrons. The topological polar surface area (TPSA) is 57.8 Å². The smallest absolute Gasteiger partial charge is 0.0815 e. The number of aromatic amines is 1. The van der Waals surface area contributed by atoms with Crippen LogP contribution in [0.2, 0.25) is 0 Å². The number of benzene rings is 1. The third-order valence-corrected chi connectivity index (χ3v) is 4.69. The highest BCUT2D eigenvalue weighted by molar-refractivity contribution is 8.00. The highest BCUT2D eigenvalue weighted by Crippen LogP contribution is 2.21. The summed E-state index contributed by atoms with van der Waals surface area (Å²) in [7, 11) is -2.39. The molecule has 5 heteroatoms. The Morgan fingerprint density at radius 2 is 2.18 bits per heavy atom. The molecule has 2 aromatic rings. The van der Waals surface area contributed by atoms with Gasteiger partial charge in [0.25, 0.3) is 0 Å². The van der Waals surface area contributed by atoms with Gasteiger partial charge in [0.1, 0.15) is 0 Å². The van der Waals surface area contributed by atoms with E-state index in [1.54, 1.807) is 24.0 Å². The first-order valence-electron chi connectivity index (χ1n) is 5.19. The van der Waals surface area contributed by atoms with E-state index in [1.807, 2.05) is 30.3 Å². The molecule has 1 atom stereocenters. The molecule has 0 amide bonds. The first-order chi connectivity index (χ1) is 8.28. The fourth-order valence-corrected chi connectivity index (χ4v) is 3.67. The molecule has 1 unspecified atom stereocenters. The number of fused-ring (bicyclic) bond motifs is 1. The molecule has 0 saturated heterocycles. The zero-order valence-corrected chi connectivity index (χ0v) is 9.78. The van der Waals surface area contributed by atoms with Gasteiger partial charge in [-0.2, -0.15) is 5.10 Å². The number of hydrogen-bond acceptors (Lipinski definition) is 2. The van der Waals surface area contributed by atoms with Gasteiger partial charge in [-0.25, -0.2) is 4.21 Å². The van der Waals surface area contributed by atoms with Crippen molar-refractivity contribution in [3.63, 3.8) is 0 Å². The molecule has 3 rings (SSSR count). The van der Waals surface area contributed by atoms with Crippen molar-refractivity contribution >= 4 is 21.2 Å². The Bertz CT molecular complexity index is 680. The van der Waals surface area contributed by atoms with Gasteiger partial charge in [0, 0.05) is 23.3 Å². The minimum Gasteiger partial charge on any atom is -0.316 e. The summed E-state index contributed by atoms with van der Waals surface area (Å²) in [5.41, 5.74) is 1.79. The molecule has 0 bridgehead atoms. The van der Waals surface area contributed by atoms with Crippen molar-refractivity contribution in [3.05, 3.63) is 54.0 Å². The fourth-order valence-electron chi connectivity index (χ4n) is 1.80. The third kappa shape index (κ3) is 1.74. The summed E-state index contributed by atoms with van der Waals surface area (Å²) in [5.74, 6) is 0. The largest absolute Gasteiger partial charge is 0.316 e. The summed E-state index contributed by atoms with van der Waals surface area (Å²) in [6, 6.07) is 7.66. The van der Waals surface area contributed by atoms with E-state index in [1.165, 1.54) is 0 Å². The summed E-state index contributed by atoms with van der Waals surface area (Å²) in [6.45, 7) is 0. The van der Waals surface area contributed by atoms with Gasteiger partial charge >= 0.3 is 0 Å². The van der Waals surface area contributed by atoms with E-state index in [-0.39, 0.29) is 0 Å². The van der Waals surface area contributed by atoms with Crippen LogP contribution in [0.5, 0.6) is 0 Å². The molecule has 2 heterocycles. The summed E-state index contributed by atoms with van der Waals surface area (Å²) < 4.78 is 15.8. The van der Waals surface area contributed by atoms with E-state index >= 15 is 0 Å². The van der Waals surface area contributed by atoms with Gasteiger partial charge in [-0.3, -0.25) is 5.10 Å². The number of nitrogens with one attached hydrogen (secondary N) is 2. The quantitative estimate of drug-likeness (QED) is 0.746. The summed E-state index contributed by atoms with van der Waals surface area (Å²) >= 11 is 0. The van der Waals surface area contributed by atoms with E-state index in [2.05, 4.69) is 14.9 Å². The van der Waals surface area contributed by atoms with Crippen molar-refractivity contribution in [3.8, 4) is 0 Å². The van der Waals surface area contributed by atoms with Crippen LogP contribution < -0.4 is 4.72 Å². The van der Waals surface area contributed by atoms with Crippen molar-refractivity contribution in [2.24, 2.45) is 0 Å². The SMILES string of the molecule is O=S1(=Cc2cn[nH]c2)NC=Cc2ccccc21. The maximum atomic E-state index is 12.8. The maximum absolute atomic E-state index is 12.8. The zero-order valence-electron chi connectivity index (χ0n) is 8.96. The van der Waals surface area contributed by atoms with Gasteiger partial charge in [-0.15, -0.1) is 0 Å². The fraction of sp³-hybridized carbons (Fsp3) is 0. The van der Waals surface area contributed by atoms with E-state index in [0.717, 1.165) is 16.0 Å². The van der Waals surface area contributed by atoms with Gasteiger partial charge in [-0.1, -0.05) is 18.2 Å². The number of aromatic nitrogens is 2. The molecule has 17 heavy (non-hydrogen) atoms. The summed E-state index contributed by atoms with van der Waals surface area (Å²) in [5, 5.41) is 8.26. The molecule has 0 saturated carbocycles. The Balaban J connectivity index is 2.23. The Kier molecular flexibility index (Phi) is 2.26. The zero-order chi connectivity index (χ0) is 11.7. The van der Waals surface area contributed by atoms with Crippen LogP contribution in [0.1, 0.15) is 11.1 Å². The second kappa shape index (κ2) is 3.78. The normalized spacial score (nSPS) is 21.6. The van der Waals surface area contributed by atoms with Crippen LogP contribution in [0.4, 0.5) is 0 Å². The molecule has 1 aromatic carbocycles. The minimum absolute atomic E-state index is 0.809. The van der Waals surface area contributed by atoms with Crippen molar-refractivity contribution < 1.29 is 4.21 Å². The van der Waals surface area contributed by atoms with Crippen molar-refractivity contribution in [1.29, 1.82) is 0 Å². The molecular weight excluding hydrogens is 234 g/mol.